The highest BCUT2D eigenvalue weighted by Crippen LogP contribution is 2.21. The van der Waals surface area contributed by atoms with Gasteiger partial charge in [-0.1, -0.05) is 36.4 Å². The standard InChI is InChI=1S/C21H21N3O3S/c25-21(19-10-4-6-16-7-5-13-22-20(16)19)24-14-11-17(12-15-24)23-28(26,27)18-8-2-1-3-9-18/h1-10,13,17,23H,11-12,14-15H2. The highest BCUT2D eigenvalue weighted by molar-refractivity contribution is 7.89. The number of para-hydroxylation sites is 1. The van der Waals surface area contributed by atoms with Crippen LogP contribution in [0.3, 0.4) is 0 Å². The molecular formula is C21H21N3O3S. The monoisotopic (exact) mass is 395 g/mol. The minimum absolute atomic E-state index is 0.0614. The Balaban J connectivity index is 1.43. The Kier molecular flexibility index (Phi) is 5.11. The Morgan fingerprint density at radius 1 is 0.964 bits per heavy atom. The Labute approximate surface area is 164 Å². The van der Waals surface area contributed by atoms with E-state index in [1.807, 2.05) is 24.3 Å². The van der Waals surface area contributed by atoms with Crippen LogP contribution in [0, 0.1) is 0 Å². The summed E-state index contributed by atoms with van der Waals surface area (Å²) in [5.74, 6) is -0.0614. The van der Waals surface area contributed by atoms with Crippen molar-refractivity contribution in [3.63, 3.8) is 0 Å². The second-order valence-electron chi connectivity index (χ2n) is 6.88. The molecule has 0 bridgehead atoms. The van der Waals surface area contributed by atoms with Gasteiger partial charge in [-0.15, -0.1) is 0 Å². The number of fused-ring (bicyclic) bond motifs is 1. The van der Waals surface area contributed by atoms with Crippen LogP contribution >= 0.6 is 0 Å². The fourth-order valence-corrected chi connectivity index (χ4v) is 4.86. The molecule has 1 saturated heterocycles. The average molecular weight is 395 g/mol. The van der Waals surface area contributed by atoms with E-state index >= 15 is 0 Å². The summed E-state index contributed by atoms with van der Waals surface area (Å²) in [6, 6.07) is 17.5. The third kappa shape index (κ3) is 3.76. The van der Waals surface area contributed by atoms with Crippen molar-refractivity contribution in [2.75, 3.05) is 13.1 Å². The number of piperidine rings is 1. The molecule has 7 heteroatoms. The van der Waals surface area contributed by atoms with Gasteiger partial charge in [0.2, 0.25) is 10.0 Å². The summed E-state index contributed by atoms with van der Waals surface area (Å²) in [7, 11) is -3.54. The molecule has 1 N–H and O–H groups in total. The van der Waals surface area contributed by atoms with Crippen LogP contribution in [0.25, 0.3) is 10.9 Å². The summed E-state index contributed by atoms with van der Waals surface area (Å²) in [6.07, 6.45) is 2.84. The molecule has 1 aliphatic heterocycles. The first-order chi connectivity index (χ1) is 13.5. The Morgan fingerprint density at radius 2 is 1.68 bits per heavy atom. The number of hydrogen-bond donors (Lipinski definition) is 1. The van der Waals surface area contributed by atoms with Crippen molar-refractivity contribution < 1.29 is 13.2 Å². The van der Waals surface area contributed by atoms with Crippen molar-refractivity contribution in [3.05, 3.63) is 72.4 Å². The van der Waals surface area contributed by atoms with Gasteiger partial charge in [0.15, 0.2) is 0 Å². The first-order valence-corrected chi connectivity index (χ1v) is 10.7. The molecule has 2 aromatic carbocycles. The zero-order valence-electron chi connectivity index (χ0n) is 15.3. The predicted octanol–water partition coefficient (Wildman–Crippen LogP) is 2.82. The number of nitrogens with one attached hydrogen (secondary N) is 1. The van der Waals surface area contributed by atoms with E-state index in [-0.39, 0.29) is 16.8 Å². The molecule has 0 unspecified atom stereocenters. The fraction of sp³-hybridized carbons (Fsp3) is 0.238. The number of amides is 1. The summed E-state index contributed by atoms with van der Waals surface area (Å²) in [5, 5.41) is 0.929. The molecule has 2 heterocycles. The molecule has 0 aliphatic carbocycles. The molecule has 6 nitrogen and oxygen atoms in total. The maximum absolute atomic E-state index is 13.0. The lowest BCUT2D eigenvalue weighted by molar-refractivity contribution is 0.0713. The van der Waals surface area contributed by atoms with Crippen LogP contribution < -0.4 is 4.72 Å². The quantitative estimate of drug-likeness (QED) is 0.737. The summed E-state index contributed by atoms with van der Waals surface area (Å²) >= 11 is 0. The summed E-state index contributed by atoms with van der Waals surface area (Å²) in [5.41, 5.74) is 1.28. The van der Waals surface area contributed by atoms with Crippen molar-refractivity contribution in [2.24, 2.45) is 0 Å². The van der Waals surface area contributed by atoms with E-state index in [9.17, 15) is 13.2 Å². The van der Waals surface area contributed by atoms with E-state index < -0.39 is 10.0 Å². The van der Waals surface area contributed by atoms with Gasteiger partial charge in [-0.3, -0.25) is 9.78 Å². The molecule has 0 atom stereocenters. The molecule has 1 aliphatic rings. The zero-order chi connectivity index (χ0) is 19.6. The fourth-order valence-electron chi connectivity index (χ4n) is 3.53. The third-order valence-electron chi connectivity index (χ3n) is 5.02. The van der Waals surface area contributed by atoms with Gasteiger partial charge >= 0.3 is 0 Å². The van der Waals surface area contributed by atoms with E-state index in [1.165, 1.54) is 0 Å². The van der Waals surface area contributed by atoms with E-state index in [4.69, 9.17) is 0 Å². The number of benzene rings is 2. The first kappa shape index (κ1) is 18.6. The van der Waals surface area contributed by atoms with Gasteiger partial charge < -0.3 is 4.90 Å². The largest absolute Gasteiger partial charge is 0.338 e. The molecule has 4 rings (SSSR count). The van der Waals surface area contributed by atoms with Gasteiger partial charge in [-0.2, -0.15) is 0 Å². The number of nitrogens with zero attached hydrogens (tertiary/aromatic N) is 2. The lowest BCUT2D eigenvalue weighted by Gasteiger charge is -2.32. The minimum atomic E-state index is -3.54. The van der Waals surface area contributed by atoms with Gasteiger partial charge in [0.05, 0.1) is 16.0 Å². The van der Waals surface area contributed by atoms with Crippen LogP contribution in [-0.2, 0) is 10.0 Å². The van der Waals surface area contributed by atoms with Crippen molar-refractivity contribution in [3.8, 4) is 0 Å². The molecule has 0 radical (unpaired) electrons. The molecule has 144 valence electrons. The van der Waals surface area contributed by atoms with Crippen LogP contribution in [0.5, 0.6) is 0 Å². The van der Waals surface area contributed by atoms with Crippen molar-refractivity contribution in [2.45, 2.75) is 23.8 Å². The lowest BCUT2D eigenvalue weighted by Crippen LogP contribution is -2.46. The summed E-state index contributed by atoms with van der Waals surface area (Å²) in [4.78, 5) is 19.4. The number of carbonyl (C=O) groups excluding carboxylic acids is 1. The van der Waals surface area contributed by atoms with Crippen molar-refractivity contribution in [1.29, 1.82) is 0 Å². The highest BCUT2D eigenvalue weighted by atomic mass is 32.2. The van der Waals surface area contributed by atoms with E-state index in [1.54, 1.807) is 47.5 Å². The molecule has 0 saturated carbocycles. The van der Waals surface area contributed by atoms with Crippen molar-refractivity contribution in [1.82, 2.24) is 14.6 Å². The van der Waals surface area contributed by atoms with Gasteiger partial charge in [0.1, 0.15) is 0 Å². The molecule has 0 spiro atoms. The van der Waals surface area contributed by atoms with Gasteiger partial charge in [-0.25, -0.2) is 13.1 Å². The molecular weight excluding hydrogens is 374 g/mol. The molecule has 1 amide bonds. The highest BCUT2D eigenvalue weighted by Gasteiger charge is 2.27. The Morgan fingerprint density at radius 3 is 2.43 bits per heavy atom. The number of likely N-dealkylation sites (tertiary alicyclic amines) is 1. The maximum Gasteiger partial charge on any atom is 0.256 e. The summed E-state index contributed by atoms with van der Waals surface area (Å²) in [6.45, 7) is 1.01. The molecule has 28 heavy (non-hydrogen) atoms. The minimum Gasteiger partial charge on any atom is -0.338 e. The second kappa shape index (κ2) is 7.69. The first-order valence-electron chi connectivity index (χ1n) is 9.25. The molecule has 3 aromatic rings. The van der Waals surface area contributed by atoms with E-state index in [0.717, 1.165) is 5.39 Å². The SMILES string of the molecule is O=C(c1cccc2cccnc12)N1CCC(NS(=O)(=O)c2ccccc2)CC1. The van der Waals surface area contributed by atoms with Crippen LogP contribution in [0.1, 0.15) is 23.2 Å². The summed E-state index contributed by atoms with van der Waals surface area (Å²) < 4.78 is 27.7. The number of sulfonamides is 1. The van der Waals surface area contributed by atoms with Crippen LogP contribution in [0.2, 0.25) is 0 Å². The number of rotatable bonds is 4. The molecule has 1 fully saturated rings. The third-order valence-corrected chi connectivity index (χ3v) is 6.56. The Bertz CT molecular complexity index is 1090. The average Bonchev–Trinajstić information content (AvgIpc) is 2.74. The van der Waals surface area contributed by atoms with E-state index in [2.05, 4.69) is 9.71 Å². The second-order valence-corrected chi connectivity index (χ2v) is 8.60. The number of pyridine rings is 1. The zero-order valence-corrected chi connectivity index (χ0v) is 16.1. The van der Waals surface area contributed by atoms with Crippen LogP contribution in [0.4, 0.5) is 0 Å². The number of hydrogen-bond acceptors (Lipinski definition) is 4. The topological polar surface area (TPSA) is 79.4 Å². The normalized spacial score (nSPS) is 15.6. The predicted molar refractivity (Wildman–Crippen MR) is 107 cm³/mol. The van der Waals surface area contributed by atoms with Crippen LogP contribution in [-0.4, -0.2) is 43.3 Å². The van der Waals surface area contributed by atoms with Crippen LogP contribution in [0.15, 0.2) is 71.8 Å². The van der Waals surface area contributed by atoms with Gasteiger partial charge in [-0.05, 0) is 37.1 Å². The van der Waals surface area contributed by atoms with Crippen molar-refractivity contribution >= 4 is 26.8 Å². The smallest absolute Gasteiger partial charge is 0.256 e. The van der Waals surface area contributed by atoms with E-state index in [0.29, 0.717) is 37.0 Å². The maximum atomic E-state index is 13.0. The molecule has 1 aromatic heterocycles. The number of carbonyl (C=O) groups is 1. The number of aromatic nitrogens is 1. The van der Waals surface area contributed by atoms with Gasteiger partial charge in [0.25, 0.3) is 5.91 Å². The lowest BCUT2D eigenvalue weighted by atomic mass is 10.0. The Hall–Kier alpha value is -2.77. The van der Waals surface area contributed by atoms with Gasteiger partial charge in [0, 0.05) is 30.7 Å².